The van der Waals surface area contributed by atoms with Gasteiger partial charge in [0.1, 0.15) is 0 Å². The fraction of sp³-hybridized carbons (Fsp3) is 0.0690. The Bertz CT molecular complexity index is 2970. The van der Waals surface area contributed by atoms with Gasteiger partial charge in [-0.25, -0.2) is 0 Å². The van der Waals surface area contributed by atoms with Crippen molar-refractivity contribution < 1.29 is 0 Å². The van der Waals surface area contributed by atoms with Crippen LogP contribution in [0.1, 0.15) is 47.2 Å². The van der Waals surface area contributed by atoms with Crippen LogP contribution in [0.15, 0.2) is 224 Å². The fourth-order valence-corrected chi connectivity index (χ4v) is 10.3. The van der Waals surface area contributed by atoms with E-state index < -0.39 is 5.41 Å². The number of rotatable bonds is 6. The number of hydrogen-bond acceptors (Lipinski definition) is 1. The highest BCUT2D eigenvalue weighted by molar-refractivity contribution is 5.94. The molecule has 0 bridgehead atoms. The molecule has 59 heavy (non-hydrogen) atoms. The number of anilines is 3. The second-order valence-corrected chi connectivity index (χ2v) is 16.4. The molecule has 2 aliphatic rings. The van der Waals surface area contributed by atoms with Crippen molar-refractivity contribution in [1.82, 2.24) is 0 Å². The molecule has 0 heterocycles. The van der Waals surface area contributed by atoms with Gasteiger partial charge in [0.05, 0.1) is 11.1 Å². The molecule has 0 fully saturated rings. The van der Waals surface area contributed by atoms with E-state index in [1.165, 1.54) is 77.9 Å². The van der Waals surface area contributed by atoms with Crippen LogP contribution in [0, 0.1) is 0 Å². The molecule has 0 N–H and O–H groups in total. The molecule has 280 valence electrons. The number of fused-ring (bicyclic) bond motifs is 9. The average Bonchev–Trinajstić information content (AvgIpc) is 3.60. The van der Waals surface area contributed by atoms with E-state index in [0.29, 0.717) is 0 Å². The fourth-order valence-electron chi connectivity index (χ4n) is 10.3. The molecule has 1 spiro atoms. The number of nitrogens with zero attached hydrogens (tertiary/aromatic N) is 1. The van der Waals surface area contributed by atoms with Gasteiger partial charge in [0, 0.05) is 22.4 Å². The molecule has 0 unspecified atom stereocenters. The lowest BCUT2D eigenvalue weighted by Crippen LogP contribution is -2.40. The van der Waals surface area contributed by atoms with E-state index in [0.717, 1.165) is 17.1 Å². The molecule has 9 aromatic carbocycles. The van der Waals surface area contributed by atoms with Crippen molar-refractivity contribution in [2.45, 2.75) is 24.7 Å². The smallest absolute Gasteiger partial charge is 0.0719 e. The molecule has 0 radical (unpaired) electrons. The molecular weight excluding hydrogens is 711 g/mol. The van der Waals surface area contributed by atoms with Crippen molar-refractivity contribution >= 4 is 17.1 Å². The van der Waals surface area contributed by atoms with Crippen LogP contribution < -0.4 is 4.90 Å². The van der Waals surface area contributed by atoms with Crippen LogP contribution in [-0.2, 0) is 10.8 Å². The van der Waals surface area contributed by atoms with Gasteiger partial charge in [-0.3, -0.25) is 0 Å². The van der Waals surface area contributed by atoms with Crippen LogP contribution in [0.3, 0.4) is 0 Å². The summed E-state index contributed by atoms with van der Waals surface area (Å²) in [5.41, 5.74) is 20.7. The summed E-state index contributed by atoms with van der Waals surface area (Å²) in [4.78, 5) is 2.43. The van der Waals surface area contributed by atoms with Gasteiger partial charge in [0.25, 0.3) is 0 Å². The first-order chi connectivity index (χ1) is 29.0. The molecule has 11 rings (SSSR count). The van der Waals surface area contributed by atoms with E-state index in [4.69, 9.17) is 0 Å². The summed E-state index contributed by atoms with van der Waals surface area (Å²) < 4.78 is 0. The summed E-state index contributed by atoms with van der Waals surface area (Å²) in [5, 5.41) is 0. The maximum atomic E-state index is 2.51. The van der Waals surface area contributed by atoms with Gasteiger partial charge in [0.2, 0.25) is 0 Å². The third-order valence-electron chi connectivity index (χ3n) is 13.0. The maximum Gasteiger partial charge on any atom is 0.0719 e. The quantitative estimate of drug-likeness (QED) is 0.163. The van der Waals surface area contributed by atoms with Crippen molar-refractivity contribution in [1.29, 1.82) is 0 Å². The lowest BCUT2D eigenvalue weighted by molar-refractivity contribution is 0.563. The first-order valence-electron chi connectivity index (χ1n) is 20.7. The Balaban J connectivity index is 1.13. The molecule has 0 atom stereocenters. The predicted molar refractivity (Wildman–Crippen MR) is 247 cm³/mol. The summed E-state index contributed by atoms with van der Waals surface area (Å²) in [6.07, 6.45) is 0. The van der Waals surface area contributed by atoms with Crippen LogP contribution in [0.25, 0.3) is 44.5 Å². The lowest BCUT2D eigenvalue weighted by atomic mass is 9.55. The lowest BCUT2D eigenvalue weighted by Gasteiger charge is -2.47. The molecule has 0 aromatic heterocycles. The van der Waals surface area contributed by atoms with E-state index in [9.17, 15) is 0 Å². The minimum Gasteiger partial charge on any atom is -0.310 e. The first-order valence-corrected chi connectivity index (χ1v) is 20.7. The Labute approximate surface area is 347 Å². The summed E-state index contributed by atoms with van der Waals surface area (Å²) in [7, 11) is 0. The standard InChI is InChI=1S/C58H43N/c1-57(2)52-31-17-18-32-53(52)58(50-29-15-12-27-47(50)48-28-13-16-30-51(48)58)54-37-34-42(38-55(54)57)46-26-14-19-33-56(46)59(43-24-10-5-11-25-43)44-35-36-45(40-20-6-3-7-21-40)49(39-44)41-22-8-4-9-23-41/h3-39H,1-2H3. The highest BCUT2D eigenvalue weighted by Crippen LogP contribution is 2.62. The molecule has 0 saturated carbocycles. The van der Waals surface area contributed by atoms with Gasteiger partial charge in [-0.1, -0.05) is 202 Å². The Morgan fingerprint density at radius 2 is 0.780 bits per heavy atom. The summed E-state index contributed by atoms with van der Waals surface area (Å²) in [5.74, 6) is 0. The zero-order chi connectivity index (χ0) is 39.6. The van der Waals surface area contributed by atoms with Gasteiger partial charge in [-0.2, -0.15) is 0 Å². The van der Waals surface area contributed by atoms with E-state index in [-0.39, 0.29) is 5.41 Å². The Morgan fingerprint density at radius 3 is 1.42 bits per heavy atom. The molecule has 2 aliphatic carbocycles. The van der Waals surface area contributed by atoms with E-state index in [1.54, 1.807) is 0 Å². The highest BCUT2D eigenvalue weighted by atomic mass is 15.1. The molecule has 0 amide bonds. The van der Waals surface area contributed by atoms with Crippen molar-refractivity contribution in [2.75, 3.05) is 4.90 Å². The highest BCUT2D eigenvalue weighted by Gasteiger charge is 2.53. The van der Waals surface area contributed by atoms with Gasteiger partial charge in [-0.15, -0.1) is 0 Å². The van der Waals surface area contributed by atoms with Gasteiger partial charge in [-0.05, 0) is 109 Å². The molecule has 1 heteroatoms. The van der Waals surface area contributed by atoms with Crippen LogP contribution in [0.5, 0.6) is 0 Å². The molecule has 9 aromatic rings. The molecule has 0 saturated heterocycles. The normalized spacial score (nSPS) is 13.9. The van der Waals surface area contributed by atoms with Crippen LogP contribution >= 0.6 is 0 Å². The SMILES string of the molecule is CC1(C)c2ccccc2C2(c3ccccc3-c3ccccc32)c2ccc(-c3ccccc3N(c3ccccc3)c3ccc(-c4ccccc4)c(-c4ccccc4)c3)cc21. The monoisotopic (exact) mass is 753 g/mol. The molecular formula is C58H43N. The minimum atomic E-state index is -0.420. The van der Waals surface area contributed by atoms with Crippen molar-refractivity contribution in [3.8, 4) is 44.5 Å². The van der Waals surface area contributed by atoms with E-state index in [1.807, 2.05) is 0 Å². The minimum absolute atomic E-state index is 0.244. The van der Waals surface area contributed by atoms with Crippen LogP contribution in [0.4, 0.5) is 17.1 Å². The number of benzene rings is 9. The summed E-state index contributed by atoms with van der Waals surface area (Å²) in [6.45, 7) is 4.82. The summed E-state index contributed by atoms with van der Waals surface area (Å²) >= 11 is 0. The molecule has 1 nitrogen and oxygen atoms in total. The van der Waals surface area contributed by atoms with Crippen LogP contribution in [0.2, 0.25) is 0 Å². The zero-order valence-corrected chi connectivity index (χ0v) is 33.3. The van der Waals surface area contributed by atoms with Gasteiger partial charge >= 0.3 is 0 Å². The third-order valence-corrected chi connectivity index (χ3v) is 13.0. The van der Waals surface area contributed by atoms with Crippen molar-refractivity contribution in [3.05, 3.63) is 258 Å². The largest absolute Gasteiger partial charge is 0.310 e. The summed E-state index contributed by atoms with van der Waals surface area (Å²) in [6, 6.07) is 82.9. The first kappa shape index (κ1) is 35.0. The van der Waals surface area contributed by atoms with Crippen LogP contribution in [-0.4, -0.2) is 0 Å². The van der Waals surface area contributed by atoms with Gasteiger partial charge in [0.15, 0.2) is 0 Å². The maximum absolute atomic E-state index is 2.51. The second-order valence-electron chi connectivity index (χ2n) is 16.4. The Morgan fingerprint density at radius 1 is 0.288 bits per heavy atom. The topological polar surface area (TPSA) is 3.24 Å². The van der Waals surface area contributed by atoms with E-state index >= 15 is 0 Å². The zero-order valence-electron chi connectivity index (χ0n) is 33.3. The number of para-hydroxylation sites is 2. The predicted octanol–water partition coefficient (Wildman–Crippen LogP) is 15.2. The van der Waals surface area contributed by atoms with Crippen molar-refractivity contribution in [3.63, 3.8) is 0 Å². The number of hydrogen-bond donors (Lipinski definition) is 0. The van der Waals surface area contributed by atoms with Crippen molar-refractivity contribution in [2.24, 2.45) is 0 Å². The Hall–Kier alpha value is -7.22. The van der Waals surface area contributed by atoms with Gasteiger partial charge < -0.3 is 4.90 Å². The second kappa shape index (κ2) is 13.7. The van der Waals surface area contributed by atoms with E-state index in [2.05, 4.69) is 243 Å². The third kappa shape index (κ3) is 5.31. The molecule has 0 aliphatic heterocycles. The Kier molecular flexibility index (Phi) is 8.13. The average molecular weight is 754 g/mol.